The minimum atomic E-state index is -0.635. The van der Waals surface area contributed by atoms with Crippen LogP contribution in [0.3, 0.4) is 0 Å². The van der Waals surface area contributed by atoms with Crippen molar-refractivity contribution in [3.63, 3.8) is 0 Å². The topological polar surface area (TPSA) is 55.0 Å². The van der Waals surface area contributed by atoms with Crippen LogP contribution < -0.4 is 0 Å². The molecule has 0 saturated heterocycles. The van der Waals surface area contributed by atoms with Crippen molar-refractivity contribution in [2.24, 2.45) is 0 Å². The van der Waals surface area contributed by atoms with Gasteiger partial charge in [0.25, 0.3) is 0 Å². The predicted molar refractivity (Wildman–Crippen MR) is 58.9 cm³/mol. The number of hydrogen-bond acceptors (Lipinski definition) is 3. The molecule has 17 heavy (non-hydrogen) atoms. The summed E-state index contributed by atoms with van der Waals surface area (Å²) in [6, 6.07) is 5.66. The van der Waals surface area contributed by atoms with E-state index in [9.17, 15) is 9.18 Å². The van der Waals surface area contributed by atoms with Gasteiger partial charge in [0.1, 0.15) is 11.5 Å². The van der Waals surface area contributed by atoms with Crippen LogP contribution in [-0.2, 0) is 4.74 Å². The highest BCUT2D eigenvalue weighted by Crippen LogP contribution is 2.22. The van der Waals surface area contributed by atoms with E-state index < -0.39 is 11.8 Å². The largest absolute Gasteiger partial charge is 0.461 e. The zero-order chi connectivity index (χ0) is 12.4. The average molecular weight is 232 g/mol. The van der Waals surface area contributed by atoms with Gasteiger partial charge in [0.2, 0.25) is 0 Å². The smallest absolute Gasteiger partial charge is 0.356 e. The summed E-state index contributed by atoms with van der Waals surface area (Å²) >= 11 is 0. The molecular weight excluding hydrogens is 223 g/mol. The van der Waals surface area contributed by atoms with Crippen LogP contribution in [0.4, 0.5) is 4.39 Å². The number of ether oxygens (including phenoxy) is 1. The van der Waals surface area contributed by atoms with Gasteiger partial charge in [-0.05, 0) is 25.1 Å². The highest BCUT2D eigenvalue weighted by Gasteiger charge is 2.18. The number of nitrogens with zero attached hydrogens (tertiary/aromatic N) is 2. The van der Waals surface area contributed by atoms with Crippen LogP contribution >= 0.6 is 0 Å². The lowest BCUT2D eigenvalue weighted by atomic mass is 10.2. The van der Waals surface area contributed by atoms with Crippen molar-refractivity contribution in [3.05, 3.63) is 35.8 Å². The standard InChI is InChI=1S/C12H9FN2O2/c1-2-17-12(16)11-6-8-9(13)4-3-5-10(8)15(11)7-14/h3-6H,2H2,1H3. The van der Waals surface area contributed by atoms with Gasteiger partial charge in [-0.2, -0.15) is 5.26 Å². The fourth-order valence-corrected chi connectivity index (χ4v) is 1.66. The molecule has 5 heteroatoms. The molecule has 2 aromatic rings. The van der Waals surface area contributed by atoms with E-state index in [0.29, 0.717) is 5.52 Å². The average Bonchev–Trinajstić information content (AvgIpc) is 2.69. The van der Waals surface area contributed by atoms with Crippen molar-refractivity contribution < 1.29 is 13.9 Å². The summed E-state index contributed by atoms with van der Waals surface area (Å²) in [5.74, 6) is -1.10. The summed E-state index contributed by atoms with van der Waals surface area (Å²) in [5.41, 5.74) is 0.394. The number of esters is 1. The number of carbonyl (C=O) groups excluding carboxylic acids is 1. The van der Waals surface area contributed by atoms with E-state index in [0.717, 1.165) is 4.57 Å². The van der Waals surface area contributed by atoms with Gasteiger partial charge in [-0.15, -0.1) is 0 Å². The molecule has 0 fully saturated rings. The van der Waals surface area contributed by atoms with E-state index in [1.165, 1.54) is 18.2 Å². The monoisotopic (exact) mass is 232 g/mol. The Bertz CT molecular complexity index is 625. The lowest BCUT2D eigenvalue weighted by Crippen LogP contribution is -2.09. The number of benzene rings is 1. The van der Waals surface area contributed by atoms with Gasteiger partial charge in [-0.3, -0.25) is 0 Å². The lowest BCUT2D eigenvalue weighted by molar-refractivity contribution is 0.0518. The van der Waals surface area contributed by atoms with Crippen LogP contribution in [0.25, 0.3) is 10.9 Å². The van der Waals surface area contributed by atoms with Crippen LogP contribution in [-0.4, -0.2) is 17.1 Å². The second-order valence-electron chi connectivity index (χ2n) is 3.36. The van der Waals surface area contributed by atoms with E-state index in [2.05, 4.69) is 0 Å². The molecule has 0 aliphatic heterocycles. The first-order valence-electron chi connectivity index (χ1n) is 5.06. The Morgan fingerprint density at radius 3 is 3.00 bits per heavy atom. The molecule has 0 unspecified atom stereocenters. The number of carbonyl (C=O) groups is 1. The van der Waals surface area contributed by atoms with Crippen LogP contribution in [0.2, 0.25) is 0 Å². The fourth-order valence-electron chi connectivity index (χ4n) is 1.66. The molecule has 0 amide bonds. The van der Waals surface area contributed by atoms with Crippen molar-refractivity contribution in [3.8, 4) is 6.19 Å². The Hall–Kier alpha value is -2.35. The molecule has 0 aliphatic rings. The molecular formula is C12H9FN2O2. The Labute approximate surface area is 96.8 Å². The fraction of sp³-hybridized carbons (Fsp3) is 0.167. The molecule has 86 valence electrons. The van der Waals surface area contributed by atoms with Gasteiger partial charge in [-0.1, -0.05) is 6.07 Å². The maximum absolute atomic E-state index is 13.5. The van der Waals surface area contributed by atoms with Crippen LogP contribution in [0, 0.1) is 17.3 Å². The van der Waals surface area contributed by atoms with Crippen molar-refractivity contribution in [2.45, 2.75) is 6.92 Å². The van der Waals surface area contributed by atoms with Crippen LogP contribution in [0.1, 0.15) is 17.4 Å². The van der Waals surface area contributed by atoms with E-state index >= 15 is 0 Å². The number of rotatable bonds is 2. The second-order valence-corrected chi connectivity index (χ2v) is 3.36. The first kappa shape index (κ1) is 11.1. The quantitative estimate of drug-likeness (QED) is 0.746. The third-order valence-corrected chi connectivity index (χ3v) is 2.38. The van der Waals surface area contributed by atoms with E-state index in [1.807, 2.05) is 6.19 Å². The molecule has 2 rings (SSSR count). The van der Waals surface area contributed by atoms with Gasteiger partial charge in [0, 0.05) is 5.39 Å². The van der Waals surface area contributed by atoms with Gasteiger partial charge in [-0.25, -0.2) is 13.8 Å². The van der Waals surface area contributed by atoms with E-state index in [1.54, 1.807) is 13.0 Å². The minimum absolute atomic E-state index is 0.0365. The molecule has 0 radical (unpaired) electrons. The molecule has 0 saturated carbocycles. The highest BCUT2D eigenvalue weighted by atomic mass is 19.1. The lowest BCUT2D eigenvalue weighted by Gasteiger charge is -2.00. The summed E-state index contributed by atoms with van der Waals surface area (Å²) in [7, 11) is 0. The maximum atomic E-state index is 13.5. The number of fused-ring (bicyclic) bond motifs is 1. The number of halogens is 1. The summed E-state index contributed by atoms with van der Waals surface area (Å²) in [4.78, 5) is 11.6. The molecule has 0 aliphatic carbocycles. The summed E-state index contributed by atoms with van der Waals surface area (Å²) in [6.45, 7) is 1.87. The van der Waals surface area contributed by atoms with Gasteiger partial charge in [0.05, 0.1) is 12.1 Å². The third-order valence-electron chi connectivity index (χ3n) is 2.38. The molecule has 0 N–H and O–H groups in total. The molecule has 1 aromatic heterocycles. The highest BCUT2D eigenvalue weighted by molar-refractivity contribution is 5.96. The zero-order valence-corrected chi connectivity index (χ0v) is 9.11. The Morgan fingerprint density at radius 1 is 1.59 bits per heavy atom. The Kier molecular flexibility index (Phi) is 2.79. The Balaban J connectivity index is 2.69. The molecule has 4 nitrogen and oxygen atoms in total. The van der Waals surface area contributed by atoms with E-state index in [-0.39, 0.29) is 17.7 Å². The van der Waals surface area contributed by atoms with Crippen molar-refractivity contribution in [1.29, 1.82) is 5.26 Å². The van der Waals surface area contributed by atoms with Crippen LogP contribution in [0.15, 0.2) is 24.3 Å². The van der Waals surface area contributed by atoms with E-state index in [4.69, 9.17) is 10.00 Å². The predicted octanol–water partition coefficient (Wildman–Crippen LogP) is 2.29. The first-order valence-corrected chi connectivity index (χ1v) is 5.06. The minimum Gasteiger partial charge on any atom is -0.461 e. The third kappa shape index (κ3) is 1.74. The molecule has 0 bridgehead atoms. The number of nitriles is 1. The summed E-state index contributed by atoms with van der Waals surface area (Å²) in [6.07, 6.45) is 1.83. The normalized spacial score (nSPS) is 10.2. The molecule has 0 atom stereocenters. The SMILES string of the molecule is CCOC(=O)c1cc2c(F)cccc2n1C#N. The van der Waals surface area contributed by atoms with Crippen molar-refractivity contribution in [1.82, 2.24) is 4.57 Å². The van der Waals surface area contributed by atoms with Crippen molar-refractivity contribution in [2.75, 3.05) is 6.61 Å². The second kappa shape index (κ2) is 4.26. The first-order chi connectivity index (χ1) is 8.19. The molecule has 1 aromatic carbocycles. The van der Waals surface area contributed by atoms with Crippen LogP contribution in [0.5, 0.6) is 0 Å². The van der Waals surface area contributed by atoms with Gasteiger partial charge in [0.15, 0.2) is 6.19 Å². The maximum Gasteiger partial charge on any atom is 0.356 e. The summed E-state index contributed by atoms with van der Waals surface area (Å²) in [5, 5.41) is 9.23. The van der Waals surface area contributed by atoms with Crippen molar-refractivity contribution >= 4 is 16.9 Å². The van der Waals surface area contributed by atoms with Gasteiger partial charge >= 0.3 is 5.97 Å². The number of hydrogen-bond donors (Lipinski definition) is 0. The zero-order valence-electron chi connectivity index (χ0n) is 9.11. The Morgan fingerprint density at radius 2 is 2.35 bits per heavy atom. The number of aromatic nitrogens is 1. The molecule has 1 heterocycles. The molecule has 0 spiro atoms. The van der Waals surface area contributed by atoms with Gasteiger partial charge < -0.3 is 4.74 Å². The summed E-state index contributed by atoms with van der Waals surface area (Å²) < 4.78 is 19.4.